The predicted octanol–water partition coefficient (Wildman–Crippen LogP) is 4.54. The smallest absolute Gasteiger partial charge is 0.309 e. The molecular weight excluding hydrogens is 336 g/mol. The van der Waals surface area contributed by atoms with Crippen LogP contribution in [0.4, 0.5) is 5.82 Å². The Kier molecular flexibility index (Phi) is 4.80. The minimum atomic E-state index is -0.662. The molecule has 4 nitrogen and oxygen atoms in total. The number of aryl methyl sites for hydroxylation is 1. The topological polar surface area (TPSA) is 53.4 Å². The molecule has 0 atom stereocenters. The molecule has 27 heavy (non-hydrogen) atoms. The number of fused-ring (bicyclic) bond motifs is 1. The Bertz CT molecular complexity index is 931. The van der Waals surface area contributed by atoms with Crippen molar-refractivity contribution in [1.29, 1.82) is 0 Å². The first-order valence-electron chi connectivity index (χ1n) is 9.54. The lowest BCUT2D eigenvalue weighted by Crippen LogP contribution is -2.45. The first kappa shape index (κ1) is 17.5. The van der Waals surface area contributed by atoms with Gasteiger partial charge in [-0.3, -0.25) is 4.79 Å². The summed E-state index contributed by atoms with van der Waals surface area (Å²) in [5.41, 5.74) is 1.55. The number of aliphatic carboxylic acids is 1. The summed E-state index contributed by atoms with van der Waals surface area (Å²) >= 11 is 0. The number of nitrogens with zero attached hydrogens (tertiary/aromatic N) is 2. The molecule has 138 valence electrons. The molecule has 0 unspecified atom stereocenters. The van der Waals surface area contributed by atoms with Crippen molar-refractivity contribution in [3.8, 4) is 0 Å². The Balaban J connectivity index is 1.46. The first-order valence-corrected chi connectivity index (χ1v) is 9.54. The standard InChI is InChI=1S/C23H24N2O2/c26-22(27)23(13-12-18-6-2-1-3-7-18)14-16-25(17-15-23)21-11-10-19-8-4-5-9-20(19)24-21/h1-11H,12-17H2,(H,26,27). The molecule has 0 bridgehead atoms. The van der Waals surface area contributed by atoms with Gasteiger partial charge in [0.1, 0.15) is 5.82 Å². The van der Waals surface area contributed by atoms with Crippen LogP contribution in [-0.2, 0) is 11.2 Å². The van der Waals surface area contributed by atoms with Crippen molar-refractivity contribution >= 4 is 22.7 Å². The second kappa shape index (κ2) is 7.39. The van der Waals surface area contributed by atoms with Crippen LogP contribution in [0.2, 0.25) is 0 Å². The zero-order valence-corrected chi connectivity index (χ0v) is 15.3. The van der Waals surface area contributed by atoms with E-state index < -0.39 is 11.4 Å². The molecule has 0 radical (unpaired) electrons. The van der Waals surface area contributed by atoms with E-state index in [9.17, 15) is 9.90 Å². The van der Waals surface area contributed by atoms with E-state index in [1.165, 1.54) is 5.56 Å². The summed E-state index contributed by atoms with van der Waals surface area (Å²) in [7, 11) is 0. The molecule has 3 aromatic rings. The van der Waals surface area contributed by atoms with Crippen LogP contribution in [0.5, 0.6) is 0 Å². The number of carboxylic acids is 1. The normalized spacial score (nSPS) is 16.4. The van der Waals surface area contributed by atoms with E-state index in [0.717, 1.165) is 36.2 Å². The molecule has 2 heterocycles. The Hall–Kier alpha value is -2.88. The van der Waals surface area contributed by atoms with E-state index in [1.807, 2.05) is 42.5 Å². The van der Waals surface area contributed by atoms with Gasteiger partial charge in [-0.1, -0.05) is 48.5 Å². The molecule has 0 saturated carbocycles. The lowest BCUT2D eigenvalue weighted by Gasteiger charge is -2.39. The number of carbonyl (C=O) groups is 1. The van der Waals surface area contributed by atoms with Gasteiger partial charge < -0.3 is 10.0 Å². The molecule has 1 aliphatic heterocycles. The quantitative estimate of drug-likeness (QED) is 0.726. The maximum atomic E-state index is 12.1. The Morgan fingerprint density at radius 1 is 0.963 bits per heavy atom. The van der Waals surface area contributed by atoms with Crippen molar-refractivity contribution in [2.45, 2.75) is 25.7 Å². The fourth-order valence-corrected chi connectivity index (χ4v) is 3.99. The van der Waals surface area contributed by atoms with Crippen LogP contribution in [-0.4, -0.2) is 29.1 Å². The molecule has 2 aromatic carbocycles. The largest absolute Gasteiger partial charge is 0.481 e. The number of anilines is 1. The summed E-state index contributed by atoms with van der Waals surface area (Å²) < 4.78 is 0. The number of hydrogen-bond donors (Lipinski definition) is 1. The molecule has 1 aliphatic rings. The van der Waals surface area contributed by atoms with Gasteiger partial charge in [-0.25, -0.2) is 4.98 Å². The van der Waals surface area contributed by atoms with Crippen molar-refractivity contribution in [3.05, 3.63) is 72.3 Å². The van der Waals surface area contributed by atoms with E-state index in [2.05, 4.69) is 29.2 Å². The highest BCUT2D eigenvalue weighted by Crippen LogP contribution is 2.38. The minimum absolute atomic E-state index is 0.636. The van der Waals surface area contributed by atoms with Crippen LogP contribution in [0.1, 0.15) is 24.8 Å². The van der Waals surface area contributed by atoms with Gasteiger partial charge in [0, 0.05) is 18.5 Å². The lowest BCUT2D eigenvalue weighted by molar-refractivity contribution is -0.150. The molecule has 0 aliphatic carbocycles. The number of hydrogen-bond acceptors (Lipinski definition) is 3. The van der Waals surface area contributed by atoms with Gasteiger partial charge in [0.2, 0.25) is 0 Å². The highest BCUT2D eigenvalue weighted by molar-refractivity contribution is 5.80. The van der Waals surface area contributed by atoms with Gasteiger partial charge in [-0.05, 0) is 49.4 Å². The summed E-state index contributed by atoms with van der Waals surface area (Å²) in [4.78, 5) is 19.1. The average Bonchev–Trinajstić information content (AvgIpc) is 2.73. The highest BCUT2D eigenvalue weighted by atomic mass is 16.4. The SMILES string of the molecule is O=C(O)C1(CCc2ccccc2)CCN(c2ccc3ccccc3n2)CC1. The van der Waals surface area contributed by atoms with Crippen LogP contribution in [0.15, 0.2) is 66.7 Å². The molecule has 4 heteroatoms. The molecule has 0 spiro atoms. The fraction of sp³-hybridized carbons (Fsp3) is 0.304. The number of aromatic nitrogens is 1. The van der Waals surface area contributed by atoms with Gasteiger partial charge >= 0.3 is 5.97 Å². The van der Waals surface area contributed by atoms with Crippen molar-refractivity contribution in [3.63, 3.8) is 0 Å². The Morgan fingerprint density at radius 2 is 1.67 bits per heavy atom. The number of piperidine rings is 1. The Morgan fingerprint density at radius 3 is 2.41 bits per heavy atom. The Labute approximate surface area is 159 Å². The summed E-state index contributed by atoms with van der Waals surface area (Å²) in [5, 5.41) is 11.1. The van der Waals surface area contributed by atoms with Crippen molar-refractivity contribution in [1.82, 2.24) is 4.98 Å². The minimum Gasteiger partial charge on any atom is -0.481 e. The number of benzene rings is 2. The molecule has 1 aromatic heterocycles. The monoisotopic (exact) mass is 360 g/mol. The maximum Gasteiger partial charge on any atom is 0.309 e. The third-order valence-corrected chi connectivity index (χ3v) is 5.82. The van der Waals surface area contributed by atoms with Gasteiger partial charge in [-0.2, -0.15) is 0 Å². The van der Waals surface area contributed by atoms with Crippen LogP contribution in [0.3, 0.4) is 0 Å². The second-order valence-corrected chi connectivity index (χ2v) is 7.42. The summed E-state index contributed by atoms with van der Waals surface area (Å²) in [6.07, 6.45) is 2.81. The number of pyridine rings is 1. The molecule has 0 amide bonds. The van der Waals surface area contributed by atoms with Crippen LogP contribution < -0.4 is 4.90 Å². The summed E-state index contributed by atoms with van der Waals surface area (Å²) in [5.74, 6) is 0.278. The zero-order valence-electron chi connectivity index (χ0n) is 15.3. The highest BCUT2D eigenvalue weighted by Gasteiger charge is 2.41. The molecule has 4 rings (SSSR count). The summed E-state index contributed by atoms with van der Waals surface area (Å²) in [6, 6.07) is 22.4. The van der Waals surface area contributed by atoms with Crippen LogP contribution >= 0.6 is 0 Å². The van der Waals surface area contributed by atoms with Crippen LogP contribution in [0, 0.1) is 5.41 Å². The third-order valence-electron chi connectivity index (χ3n) is 5.82. The molecule has 1 fully saturated rings. The number of rotatable bonds is 5. The average molecular weight is 360 g/mol. The lowest BCUT2D eigenvalue weighted by atomic mass is 9.74. The van der Waals surface area contributed by atoms with Gasteiger partial charge in [0.05, 0.1) is 10.9 Å². The van der Waals surface area contributed by atoms with E-state index in [4.69, 9.17) is 4.98 Å². The van der Waals surface area contributed by atoms with Crippen molar-refractivity contribution < 1.29 is 9.90 Å². The van der Waals surface area contributed by atoms with Gasteiger partial charge in [0.15, 0.2) is 0 Å². The number of para-hydroxylation sites is 1. The first-order chi connectivity index (χ1) is 13.2. The van der Waals surface area contributed by atoms with Gasteiger partial charge in [0.25, 0.3) is 0 Å². The molecule has 1 saturated heterocycles. The number of carboxylic acid groups (broad SMARTS) is 1. The third kappa shape index (κ3) is 3.65. The van der Waals surface area contributed by atoms with E-state index in [0.29, 0.717) is 19.3 Å². The molecular formula is C23H24N2O2. The van der Waals surface area contributed by atoms with E-state index in [1.54, 1.807) is 0 Å². The molecule has 1 N–H and O–H groups in total. The van der Waals surface area contributed by atoms with Crippen LogP contribution in [0.25, 0.3) is 10.9 Å². The van der Waals surface area contributed by atoms with Crippen molar-refractivity contribution in [2.75, 3.05) is 18.0 Å². The van der Waals surface area contributed by atoms with E-state index >= 15 is 0 Å². The van der Waals surface area contributed by atoms with Gasteiger partial charge in [-0.15, -0.1) is 0 Å². The second-order valence-electron chi connectivity index (χ2n) is 7.42. The zero-order chi connectivity index (χ0) is 18.7. The van der Waals surface area contributed by atoms with E-state index in [-0.39, 0.29) is 0 Å². The predicted molar refractivity (Wildman–Crippen MR) is 108 cm³/mol. The summed E-state index contributed by atoms with van der Waals surface area (Å²) in [6.45, 7) is 1.46. The van der Waals surface area contributed by atoms with Crippen molar-refractivity contribution in [2.24, 2.45) is 5.41 Å². The maximum absolute atomic E-state index is 12.1. The fourth-order valence-electron chi connectivity index (χ4n) is 3.99.